The Morgan fingerprint density at radius 3 is 2.91 bits per heavy atom. The highest BCUT2D eigenvalue weighted by atomic mass is 32.1. The number of hydrogen-bond donors (Lipinski definition) is 1. The second kappa shape index (κ2) is 7.10. The van der Waals surface area contributed by atoms with E-state index >= 15 is 0 Å². The summed E-state index contributed by atoms with van der Waals surface area (Å²) < 4.78 is 13.3. The zero-order valence-corrected chi connectivity index (χ0v) is 13.3. The van der Waals surface area contributed by atoms with Crippen LogP contribution in [-0.2, 0) is 12.8 Å². The summed E-state index contributed by atoms with van der Waals surface area (Å²) >= 11 is 1.15. The van der Waals surface area contributed by atoms with Gasteiger partial charge in [-0.2, -0.15) is 13.7 Å². The molecule has 0 aliphatic heterocycles. The quantitative estimate of drug-likeness (QED) is 0.742. The molecule has 3 aromatic rings. The molecular weight excluding hydrogens is 314 g/mol. The van der Waals surface area contributed by atoms with Crippen molar-refractivity contribution in [2.45, 2.75) is 25.8 Å². The van der Waals surface area contributed by atoms with Crippen molar-refractivity contribution >= 4 is 17.6 Å². The van der Waals surface area contributed by atoms with Crippen LogP contribution in [0.5, 0.6) is 0 Å². The molecule has 0 aliphatic carbocycles. The van der Waals surface area contributed by atoms with Gasteiger partial charge in [-0.3, -0.25) is 4.79 Å². The van der Waals surface area contributed by atoms with E-state index in [2.05, 4.69) is 24.2 Å². The van der Waals surface area contributed by atoms with E-state index in [4.69, 9.17) is 4.52 Å². The standard InChI is InChI=1S/C15H15N5O2S/c1-10(17-15(21)11-5-3-2-4-6-11)7-14-18-13(19-22-14)8-12-9-16-23-20-12/h2-6,9-10H,7-8H2,1H3,(H,17,21). The Morgan fingerprint density at radius 1 is 1.35 bits per heavy atom. The molecule has 0 saturated carbocycles. The largest absolute Gasteiger partial charge is 0.349 e. The van der Waals surface area contributed by atoms with Crippen LogP contribution in [0.2, 0.25) is 0 Å². The van der Waals surface area contributed by atoms with Crippen LogP contribution in [0.15, 0.2) is 41.1 Å². The third-order valence-electron chi connectivity index (χ3n) is 3.15. The van der Waals surface area contributed by atoms with E-state index in [1.54, 1.807) is 18.3 Å². The topological polar surface area (TPSA) is 93.8 Å². The van der Waals surface area contributed by atoms with Gasteiger partial charge in [0.15, 0.2) is 5.82 Å². The summed E-state index contributed by atoms with van der Waals surface area (Å²) in [4.78, 5) is 16.4. The zero-order chi connectivity index (χ0) is 16.1. The fourth-order valence-corrected chi connectivity index (χ4v) is 2.51. The van der Waals surface area contributed by atoms with Gasteiger partial charge < -0.3 is 9.84 Å². The van der Waals surface area contributed by atoms with E-state index in [0.29, 0.717) is 30.1 Å². The molecule has 1 atom stereocenters. The Balaban J connectivity index is 1.55. The number of nitrogens with zero attached hydrogens (tertiary/aromatic N) is 4. The Labute approximate surface area is 137 Å². The highest BCUT2D eigenvalue weighted by Gasteiger charge is 2.14. The molecule has 23 heavy (non-hydrogen) atoms. The van der Waals surface area contributed by atoms with E-state index in [0.717, 1.165) is 17.4 Å². The van der Waals surface area contributed by atoms with E-state index in [9.17, 15) is 4.79 Å². The van der Waals surface area contributed by atoms with Crippen LogP contribution in [0.25, 0.3) is 0 Å². The molecule has 7 nitrogen and oxygen atoms in total. The predicted molar refractivity (Wildman–Crippen MR) is 84.1 cm³/mol. The first-order valence-corrected chi connectivity index (χ1v) is 7.87. The average Bonchev–Trinajstić information content (AvgIpc) is 3.21. The lowest BCUT2D eigenvalue weighted by molar-refractivity contribution is 0.0938. The SMILES string of the molecule is CC(Cc1nc(Cc2cnsn2)no1)NC(=O)c1ccccc1. The molecule has 0 bridgehead atoms. The molecule has 0 aliphatic rings. The van der Waals surface area contributed by atoms with Gasteiger partial charge in [0.1, 0.15) is 0 Å². The Hall–Kier alpha value is -2.61. The van der Waals surface area contributed by atoms with Gasteiger partial charge >= 0.3 is 0 Å². The van der Waals surface area contributed by atoms with Gasteiger partial charge in [-0.15, -0.1) is 0 Å². The van der Waals surface area contributed by atoms with Crippen molar-refractivity contribution in [1.29, 1.82) is 0 Å². The van der Waals surface area contributed by atoms with Crippen LogP contribution in [0.4, 0.5) is 0 Å². The summed E-state index contributed by atoms with van der Waals surface area (Å²) in [7, 11) is 0. The third kappa shape index (κ3) is 4.19. The van der Waals surface area contributed by atoms with Crippen LogP contribution >= 0.6 is 11.7 Å². The maximum absolute atomic E-state index is 12.1. The molecule has 0 saturated heterocycles. The molecule has 0 fully saturated rings. The number of amides is 1. The van der Waals surface area contributed by atoms with E-state index in [1.807, 2.05) is 25.1 Å². The van der Waals surface area contributed by atoms with Crippen LogP contribution in [0.3, 0.4) is 0 Å². The number of rotatable bonds is 6. The molecule has 0 radical (unpaired) electrons. The minimum Gasteiger partial charge on any atom is -0.349 e. The minimum absolute atomic E-state index is 0.114. The van der Waals surface area contributed by atoms with E-state index in [-0.39, 0.29) is 11.9 Å². The minimum atomic E-state index is -0.119. The molecular formula is C15H15N5O2S. The number of carbonyl (C=O) groups excluding carboxylic acids is 1. The first-order chi connectivity index (χ1) is 11.2. The van der Waals surface area contributed by atoms with Gasteiger partial charge in [-0.25, -0.2) is 0 Å². The Kier molecular flexibility index (Phi) is 4.72. The predicted octanol–water partition coefficient (Wildman–Crippen LogP) is 1.87. The molecule has 1 aromatic carbocycles. The van der Waals surface area contributed by atoms with E-state index < -0.39 is 0 Å². The van der Waals surface area contributed by atoms with Gasteiger partial charge in [-0.05, 0) is 19.1 Å². The van der Waals surface area contributed by atoms with Gasteiger partial charge in [0.2, 0.25) is 5.89 Å². The Bertz CT molecular complexity index is 757. The maximum atomic E-state index is 12.1. The molecule has 1 unspecified atom stereocenters. The second-order valence-electron chi connectivity index (χ2n) is 5.12. The number of benzene rings is 1. The molecule has 2 aromatic heterocycles. The van der Waals surface area contributed by atoms with Gasteiger partial charge in [0.25, 0.3) is 5.91 Å². The van der Waals surface area contributed by atoms with Crippen molar-refractivity contribution in [3.8, 4) is 0 Å². The number of hydrogen-bond acceptors (Lipinski definition) is 7. The second-order valence-corrected chi connectivity index (χ2v) is 5.68. The normalized spacial score (nSPS) is 12.0. The number of aromatic nitrogens is 4. The summed E-state index contributed by atoms with van der Waals surface area (Å²) in [6.07, 6.45) is 2.65. The van der Waals surface area contributed by atoms with Crippen molar-refractivity contribution in [3.63, 3.8) is 0 Å². The highest BCUT2D eigenvalue weighted by molar-refractivity contribution is 6.99. The first-order valence-electron chi connectivity index (χ1n) is 7.14. The average molecular weight is 329 g/mol. The van der Waals surface area contributed by atoms with Crippen molar-refractivity contribution in [2.75, 3.05) is 0 Å². The van der Waals surface area contributed by atoms with Gasteiger partial charge in [-0.1, -0.05) is 23.4 Å². The summed E-state index contributed by atoms with van der Waals surface area (Å²) in [5, 5.41) is 6.83. The smallest absolute Gasteiger partial charge is 0.251 e. The summed E-state index contributed by atoms with van der Waals surface area (Å²) in [5.41, 5.74) is 1.44. The van der Waals surface area contributed by atoms with Crippen molar-refractivity contribution in [2.24, 2.45) is 0 Å². The maximum Gasteiger partial charge on any atom is 0.251 e. The van der Waals surface area contributed by atoms with Crippen LogP contribution < -0.4 is 5.32 Å². The lowest BCUT2D eigenvalue weighted by atomic mass is 10.2. The zero-order valence-electron chi connectivity index (χ0n) is 12.5. The molecule has 1 amide bonds. The molecule has 118 valence electrons. The Morgan fingerprint density at radius 2 is 2.17 bits per heavy atom. The molecule has 0 spiro atoms. The van der Waals surface area contributed by atoms with Gasteiger partial charge in [0.05, 0.1) is 30.0 Å². The lowest BCUT2D eigenvalue weighted by Gasteiger charge is -2.11. The number of nitrogens with one attached hydrogen (secondary N) is 1. The summed E-state index contributed by atoms with van der Waals surface area (Å²) in [6, 6.07) is 8.97. The van der Waals surface area contributed by atoms with E-state index in [1.165, 1.54) is 0 Å². The monoisotopic (exact) mass is 329 g/mol. The van der Waals surface area contributed by atoms with Crippen molar-refractivity contribution in [3.05, 3.63) is 59.5 Å². The molecule has 2 heterocycles. The van der Waals surface area contributed by atoms with Crippen LogP contribution in [0, 0.1) is 0 Å². The number of carbonyl (C=O) groups is 1. The third-order valence-corrected chi connectivity index (χ3v) is 3.67. The summed E-state index contributed by atoms with van der Waals surface area (Å²) in [6.45, 7) is 1.90. The van der Waals surface area contributed by atoms with Crippen LogP contribution in [-0.4, -0.2) is 30.8 Å². The fraction of sp³-hybridized carbons (Fsp3) is 0.267. The lowest BCUT2D eigenvalue weighted by Crippen LogP contribution is -2.34. The molecule has 8 heteroatoms. The van der Waals surface area contributed by atoms with Crippen LogP contribution in [0.1, 0.15) is 34.7 Å². The summed E-state index contributed by atoms with van der Waals surface area (Å²) in [5.74, 6) is 0.935. The fourth-order valence-electron chi connectivity index (χ4n) is 2.08. The van der Waals surface area contributed by atoms with Crippen molar-refractivity contribution in [1.82, 2.24) is 24.2 Å². The molecule has 3 rings (SSSR count). The first kappa shape index (κ1) is 15.3. The molecule has 1 N–H and O–H groups in total. The highest BCUT2D eigenvalue weighted by Crippen LogP contribution is 2.07. The van der Waals surface area contributed by atoms with Gasteiger partial charge in [0, 0.05) is 18.0 Å². The van der Waals surface area contributed by atoms with Crippen molar-refractivity contribution < 1.29 is 9.32 Å².